The number of anilines is 2. The highest BCUT2D eigenvalue weighted by Crippen LogP contribution is 2.43. The van der Waals surface area contributed by atoms with Crippen LogP contribution in [0.5, 0.6) is 0 Å². The van der Waals surface area contributed by atoms with E-state index in [9.17, 15) is 23.2 Å². The Morgan fingerprint density at radius 2 is 1.60 bits per heavy atom. The number of alkyl halides is 3. The maximum Gasteiger partial charge on any atom is 0.435 e. The molecule has 5 aromatic carbocycles. The summed E-state index contributed by atoms with van der Waals surface area (Å²) in [6.07, 6.45) is -1.55. The highest BCUT2D eigenvalue weighted by Gasteiger charge is 2.39. The Bertz CT molecular complexity index is 2140. The smallest absolute Gasteiger partial charge is 0.366 e. The third-order valence-corrected chi connectivity index (χ3v) is 8.76. The normalized spacial score (nSPS) is 13.1. The summed E-state index contributed by atoms with van der Waals surface area (Å²) in [6.45, 7) is 1.34. The summed E-state index contributed by atoms with van der Waals surface area (Å²) < 4.78 is 43.0. The Balaban J connectivity index is 1.22. The molecule has 6 nitrogen and oxygen atoms in total. The number of hydrogen-bond acceptors (Lipinski definition) is 4. The molecule has 234 valence electrons. The van der Waals surface area contributed by atoms with Gasteiger partial charge in [-0.1, -0.05) is 78.3 Å². The summed E-state index contributed by atoms with van der Waals surface area (Å²) in [5, 5.41) is 20.2. The monoisotopic (exact) mass is 649 g/mol. The number of rotatable bonds is 8. The molecule has 1 saturated carbocycles. The maximum atomic E-state index is 14.0. The van der Waals surface area contributed by atoms with Crippen LogP contribution in [0, 0.1) is 17.2 Å². The number of nitrogens with one attached hydrogen (secondary N) is 1. The molecule has 1 heterocycles. The van der Waals surface area contributed by atoms with Crippen molar-refractivity contribution in [3.63, 3.8) is 0 Å². The molecule has 6 aromatic rings. The SMILES string of the molecule is N#Cc1cccc(-n2cc(C(=O)Nc3cccc(CN(CC4CC4)c4c5ccccc5c(Cl)c5ccccc45)c3)c(C(F)(F)F)n2)c1. The average molecular weight is 650 g/mol. The highest BCUT2D eigenvalue weighted by atomic mass is 35.5. The lowest BCUT2D eigenvalue weighted by molar-refractivity contribution is -0.141. The van der Waals surface area contributed by atoms with E-state index in [4.69, 9.17) is 11.6 Å². The van der Waals surface area contributed by atoms with Gasteiger partial charge in [0.25, 0.3) is 5.91 Å². The molecule has 1 fully saturated rings. The number of benzene rings is 5. The number of fused-ring (bicyclic) bond motifs is 2. The molecular formula is C37H27ClF3N5O. The molecule has 0 saturated heterocycles. The first-order chi connectivity index (χ1) is 22.7. The van der Waals surface area contributed by atoms with Gasteiger partial charge < -0.3 is 10.2 Å². The van der Waals surface area contributed by atoms with Gasteiger partial charge in [-0.15, -0.1) is 0 Å². The number of hydrogen-bond donors (Lipinski definition) is 1. The highest BCUT2D eigenvalue weighted by molar-refractivity contribution is 6.42. The van der Waals surface area contributed by atoms with Crippen LogP contribution in [0.15, 0.2) is 103 Å². The molecule has 47 heavy (non-hydrogen) atoms. The number of nitriles is 1. The van der Waals surface area contributed by atoms with Crippen LogP contribution in [0.3, 0.4) is 0 Å². The van der Waals surface area contributed by atoms with Crippen molar-refractivity contribution in [2.75, 3.05) is 16.8 Å². The number of aromatic nitrogens is 2. The number of nitrogens with zero attached hydrogens (tertiary/aromatic N) is 4. The van der Waals surface area contributed by atoms with Crippen LogP contribution in [0.25, 0.3) is 27.2 Å². The van der Waals surface area contributed by atoms with Gasteiger partial charge in [0.15, 0.2) is 5.69 Å². The molecule has 0 spiro atoms. The quantitative estimate of drug-likeness (QED) is 0.167. The summed E-state index contributed by atoms with van der Waals surface area (Å²) in [5.74, 6) is -0.390. The van der Waals surface area contributed by atoms with Gasteiger partial charge >= 0.3 is 6.18 Å². The largest absolute Gasteiger partial charge is 0.435 e. The van der Waals surface area contributed by atoms with Gasteiger partial charge in [0, 0.05) is 46.5 Å². The van der Waals surface area contributed by atoms with Crippen molar-refractivity contribution in [2.24, 2.45) is 5.92 Å². The van der Waals surface area contributed by atoms with Gasteiger partial charge in [0.2, 0.25) is 0 Å². The topological polar surface area (TPSA) is 74.0 Å². The van der Waals surface area contributed by atoms with Crippen molar-refractivity contribution in [1.29, 1.82) is 5.26 Å². The van der Waals surface area contributed by atoms with E-state index in [1.165, 1.54) is 24.3 Å². The minimum atomic E-state index is -4.87. The first-order valence-corrected chi connectivity index (χ1v) is 15.5. The standard InChI is InChI=1S/C37H27ClF3N5O/c38-33-28-11-1-3-13-30(28)34(31-14-4-2-12-29(31)33)45(20-23-15-16-23)21-25-8-5-9-26(17-25)43-36(47)32-22-46(44-35(32)37(39,40)41)27-10-6-7-24(18-27)19-42/h1-14,17-18,22-23H,15-16,20-21H2,(H,43,47). The molecule has 1 aliphatic rings. The first kappa shape index (κ1) is 30.3. The van der Waals surface area contributed by atoms with E-state index in [1.807, 2.05) is 48.5 Å². The molecule has 0 radical (unpaired) electrons. The van der Waals surface area contributed by atoms with E-state index >= 15 is 0 Å². The summed E-state index contributed by atoms with van der Waals surface area (Å²) >= 11 is 6.89. The van der Waals surface area contributed by atoms with Gasteiger partial charge in [-0.3, -0.25) is 4.79 Å². The van der Waals surface area contributed by atoms with Crippen molar-refractivity contribution >= 4 is 50.4 Å². The van der Waals surface area contributed by atoms with Crippen molar-refractivity contribution < 1.29 is 18.0 Å². The number of carbonyl (C=O) groups is 1. The fourth-order valence-corrected chi connectivity index (χ4v) is 6.34. The molecule has 1 amide bonds. The number of halogens is 4. The summed E-state index contributed by atoms with van der Waals surface area (Å²) in [5.41, 5.74) is 0.858. The fraction of sp³-hybridized carbons (Fsp3) is 0.162. The Labute approximate surface area is 273 Å². The third-order valence-electron chi connectivity index (χ3n) is 8.35. The summed E-state index contributed by atoms with van der Waals surface area (Å²) in [4.78, 5) is 15.7. The van der Waals surface area contributed by atoms with Crippen LogP contribution in [-0.2, 0) is 12.7 Å². The minimum absolute atomic E-state index is 0.230. The van der Waals surface area contributed by atoms with Crippen molar-refractivity contribution in [2.45, 2.75) is 25.6 Å². The molecule has 0 bridgehead atoms. The Morgan fingerprint density at radius 3 is 2.23 bits per heavy atom. The van der Waals surface area contributed by atoms with Crippen LogP contribution >= 0.6 is 11.6 Å². The minimum Gasteiger partial charge on any atom is -0.366 e. The van der Waals surface area contributed by atoms with E-state index < -0.39 is 23.3 Å². The van der Waals surface area contributed by atoms with Crippen LogP contribution in [0.4, 0.5) is 24.5 Å². The van der Waals surface area contributed by atoms with E-state index in [-0.39, 0.29) is 11.3 Å². The first-order valence-electron chi connectivity index (χ1n) is 15.1. The second kappa shape index (κ2) is 12.1. The fourth-order valence-electron chi connectivity index (χ4n) is 6.01. The predicted molar refractivity (Wildman–Crippen MR) is 178 cm³/mol. The number of amides is 1. The van der Waals surface area contributed by atoms with Crippen LogP contribution in [0.2, 0.25) is 5.02 Å². The van der Waals surface area contributed by atoms with Crippen molar-refractivity contribution in [1.82, 2.24) is 9.78 Å². The second-order valence-corrected chi connectivity index (χ2v) is 12.1. The molecule has 0 unspecified atom stereocenters. The van der Waals surface area contributed by atoms with E-state index in [0.29, 0.717) is 23.2 Å². The molecular weight excluding hydrogens is 623 g/mol. The van der Waals surface area contributed by atoms with Gasteiger partial charge in [-0.05, 0) is 54.7 Å². The molecule has 7 rings (SSSR count). The zero-order valence-electron chi connectivity index (χ0n) is 24.9. The Hall–Kier alpha value is -5.33. The van der Waals surface area contributed by atoms with Crippen LogP contribution in [0.1, 0.15) is 40.0 Å². The molecule has 1 aliphatic carbocycles. The van der Waals surface area contributed by atoms with E-state index in [2.05, 4.69) is 27.4 Å². The van der Waals surface area contributed by atoms with Crippen LogP contribution in [-0.4, -0.2) is 22.2 Å². The Morgan fingerprint density at radius 1 is 0.936 bits per heavy atom. The van der Waals surface area contributed by atoms with Gasteiger partial charge in [0.05, 0.1) is 33.6 Å². The summed E-state index contributed by atoms with van der Waals surface area (Å²) in [7, 11) is 0. The molecule has 1 N–H and O–H groups in total. The lowest BCUT2D eigenvalue weighted by Crippen LogP contribution is -2.26. The lowest BCUT2D eigenvalue weighted by atomic mass is 9.99. The van der Waals surface area contributed by atoms with Gasteiger partial charge in [-0.25, -0.2) is 4.68 Å². The Kier molecular flexibility index (Phi) is 7.82. The van der Waals surface area contributed by atoms with Gasteiger partial charge in [0.1, 0.15) is 0 Å². The number of carbonyl (C=O) groups excluding carboxylic acids is 1. The van der Waals surface area contributed by atoms with Gasteiger partial charge in [-0.2, -0.15) is 23.5 Å². The zero-order valence-corrected chi connectivity index (χ0v) is 25.7. The lowest BCUT2D eigenvalue weighted by Gasteiger charge is -2.29. The molecule has 10 heteroatoms. The summed E-state index contributed by atoms with van der Waals surface area (Å²) in [6, 6.07) is 31.2. The zero-order chi connectivity index (χ0) is 32.7. The van der Waals surface area contributed by atoms with Crippen LogP contribution < -0.4 is 10.2 Å². The van der Waals surface area contributed by atoms with E-state index in [1.54, 1.807) is 18.2 Å². The maximum absolute atomic E-state index is 14.0. The molecule has 1 aromatic heterocycles. The predicted octanol–water partition coefficient (Wildman–Crippen LogP) is 9.39. The van der Waals surface area contributed by atoms with Crippen molar-refractivity contribution in [3.05, 3.63) is 131 Å². The molecule has 0 aliphatic heterocycles. The average Bonchev–Trinajstić information content (AvgIpc) is 3.76. The van der Waals surface area contributed by atoms with E-state index in [0.717, 1.165) is 63.1 Å². The second-order valence-electron chi connectivity index (χ2n) is 11.7. The third kappa shape index (κ3) is 6.12. The molecule has 0 atom stereocenters. The van der Waals surface area contributed by atoms with Crippen molar-refractivity contribution in [3.8, 4) is 11.8 Å².